The molecule has 102 valence electrons. The van der Waals surface area contributed by atoms with Gasteiger partial charge in [0.15, 0.2) is 0 Å². The van der Waals surface area contributed by atoms with Crippen LogP contribution in [0, 0.1) is 18.3 Å². The first-order valence-electron chi connectivity index (χ1n) is 5.59. The van der Waals surface area contributed by atoms with Gasteiger partial charge in [0.25, 0.3) is 0 Å². The molecule has 0 aromatic heterocycles. The van der Waals surface area contributed by atoms with E-state index in [1.165, 1.54) is 6.07 Å². The van der Waals surface area contributed by atoms with Crippen molar-refractivity contribution in [1.29, 1.82) is 5.26 Å². The number of hydrogen-bond acceptors (Lipinski definition) is 4. The number of aliphatic carboxylic acids is 1. The van der Waals surface area contributed by atoms with E-state index in [1.54, 1.807) is 19.1 Å². The molecule has 0 aliphatic heterocycles. The van der Waals surface area contributed by atoms with Crippen molar-refractivity contribution in [2.75, 3.05) is 6.54 Å². The lowest BCUT2D eigenvalue weighted by Crippen LogP contribution is -2.26. The minimum absolute atomic E-state index is 0.0434. The normalized spacial score (nSPS) is 10.9. The van der Waals surface area contributed by atoms with Gasteiger partial charge in [-0.25, -0.2) is 13.1 Å². The van der Waals surface area contributed by atoms with E-state index in [9.17, 15) is 13.2 Å². The van der Waals surface area contributed by atoms with Gasteiger partial charge in [0.1, 0.15) is 0 Å². The number of nitriles is 1. The predicted octanol–water partition coefficient (Wildman–Crippen LogP) is 1.01. The summed E-state index contributed by atoms with van der Waals surface area (Å²) in [6.07, 6.45) is 0.116. The summed E-state index contributed by atoms with van der Waals surface area (Å²) in [5, 5.41) is 17.2. The molecule has 0 unspecified atom stereocenters. The van der Waals surface area contributed by atoms with Crippen LogP contribution in [0.2, 0.25) is 0 Å². The highest BCUT2D eigenvalue weighted by Crippen LogP contribution is 2.16. The number of carbonyl (C=O) groups is 1. The quantitative estimate of drug-likeness (QED) is 0.757. The zero-order valence-electron chi connectivity index (χ0n) is 10.4. The van der Waals surface area contributed by atoms with Crippen molar-refractivity contribution in [3.63, 3.8) is 0 Å². The van der Waals surface area contributed by atoms with Crippen LogP contribution in [0.15, 0.2) is 23.1 Å². The molecule has 0 heterocycles. The summed E-state index contributed by atoms with van der Waals surface area (Å²) in [4.78, 5) is 10.4. The Morgan fingerprint density at radius 1 is 1.47 bits per heavy atom. The van der Waals surface area contributed by atoms with Crippen LogP contribution >= 0.6 is 0 Å². The van der Waals surface area contributed by atoms with E-state index in [2.05, 4.69) is 4.72 Å². The number of hydrogen-bond donors (Lipinski definition) is 2. The van der Waals surface area contributed by atoms with Gasteiger partial charge in [-0.3, -0.25) is 4.79 Å². The third-order valence-electron chi connectivity index (χ3n) is 2.47. The molecule has 0 fully saturated rings. The third kappa shape index (κ3) is 4.35. The van der Waals surface area contributed by atoms with E-state index in [0.717, 1.165) is 0 Å². The molecule has 0 radical (unpaired) electrons. The van der Waals surface area contributed by atoms with Crippen molar-refractivity contribution < 1.29 is 18.3 Å². The first-order chi connectivity index (χ1) is 8.86. The highest BCUT2D eigenvalue weighted by Gasteiger charge is 2.16. The molecule has 1 aromatic carbocycles. The van der Waals surface area contributed by atoms with Gasteiger partial charge in [0, 0.05) is 13.0 Å². The van der Waals surface area contributed by atoms with Crippen LogP contribution in [0.1, 0.15) is 24.0 Å². The number of nitrogens with zero attached hydrogens (tertiary/aromatic N) is 1. The summed E-state index contributed by atoms with van der Waals surface area (Å²) >= 11 is 0. The van der Waals surface area contributed by atoms with Crippen molar-refractivity contribution in [3.05, 3.63) is 29.3 Å². The number of aryl methyl sites for hydroxylation is 1. The fourth-order valence-corrected chi connectivity index (χ4v) is 2.83. The first kappa shape index (κ1) is 15.1. The molecule has 0 aliphatic rings. The Morgan fingerprint density at radius 3 is 2.74 bits per heavy atom. The monoisotopic (exact) mass is 282 g/mol. The Kier molecular flexibility index (Phi) is 5.03. The maximum Gasteiger partial charge on any atom is 0.303 e. The maximum absolute atomic E-state index is 12.0. The summed E-state index contributed by atoms with van der Waals surface area (Å²) in [7, 11) is -3.72. The summed E-state index contributed by atoms with van der Waals surface area (Å²) < 4.78 is 26.3. The lowest BCUT2D eigenvalue weighted by Gasteiger charge is -2.09. The van der Waals surface area contributed by atoms with Crippen LogP contribution in [-0.2, 0) is 14.8 Å². The zero-order valence-corrected chi connectivity index (χ0v) is 11.2. The maximum atomic E-state index is 12.0. The van der Waals surface area contributed by atoms with Gasteiger partial charge in [-0.1, -0.05) is 6.07 Å². The van der Waals surface area contributed by atoms with Gasteiger partial charge in [-0.05, 0) is 31.0 Å². The number of nitrogens with one attached hydrogen (secondary N) is 1. The Balaban J connectivity index is 2.83. The first-order valence-corrected chi connectivity index (χ1v) is 7.07. The van der Waals surface area contributed by atoms with E-state index in [4.69, 9.17) is 10.4 Å². The smallest absolute Gasteiger partial charge is 0.303 e. The number of carboxylic acids is 1. The zero-order chi connectivity index (χ0) is 14.5. The predicted molar refractivity (Wildman–Crippen MR) is 68.0 cm³/mol. The van der Waals surface area contributed by atoms with E-state index in [1.807, 2.05) is 6.07 Å². The van der Waals surface area contributed by atoms with Crippen molar-refractivity contribution in [2.24, 2.45) is 0 Å². The van der Waals surface area contributed by atoms with Crippen LogP contribution in [0.25, 0.3) is 0 Å². The fourth-order valence-electron chi connectivity index (χ4n) is 1.48. The molecular weight excluding hydrogens is 268 g/mol. The second-order valence-corrected chi connectivity index (χ2v) is 5.72. The van der Waals surface area contributed by atoms with Gasteiger partial charge in [-0.2, -0.15) is 5.26 Å². The van der Waals surface area contributed by atoms with E-state index in [0.29, 0.717) is 5.56 Å². The van der Waals surface area contributed by atoms with Crippen LogP contribution in [0.3, 0.4) is 0 Å². The molecule has 0 spiro atoms. The molecule has 0 saturated carbocycles. The average Bonchev–Trinajstić information content (AvgIpc) is 2.35. The molecule has 0 saturated heterocycles. The van der Waals surface area contributed by atoms with Gasteiger partial charge >= 0.3 is 5.97 Å². The largest absolute Gasteiger partial charge is 0.481 e. The number of sulfonamides is 1. The number of carboxylic acid groups (broad SMARTS) is 1. The van der Waals surface area contributed by atoms with E-state index in [-0.39, 0.29) is 29.8 Å². The van der Waals surface area contributed by atoms with Crippen molar-refractivity contribution >= 4 is 16.0 Å². The minimum atomic E-state index is -3.72. The highest BCUT2D eigenvalue weighted by molar-refractivity contribution is 7.89. The molecule has 19 heavy (non-hydrogen) atoms. The molecule has 7 heteroatoms. The lowest BCUT2D eigenvalue weighted by molar-refractivity contribution is -0.137. The van der Waals surface area contributed by atoms with Crippen LogP contribution in [0.5, 0.6) is 0 Å². The summed E-state index contributed by atoms with van der Waals surface area (Å²) in [6.45, 7) is 1.68. The molecular formula is C12H14N2O4S. The summed E-state index contributed by atoms with van der Waals surface area (Å²) in [5.74, 6) is -0.971. The topological polar surface area (TPSA) is 107 Å². The van der Waals surface area contributed by atoms with E-state index < -0.39 is 16.0 Å². The molecule has 1 rings (SSSR count). The Hall–Kier alpha value is -1.91. The average molecular weight is 282 g/mol. The molecule has 6 nitrogen and oxygen atoms in total. The summed E-state index contributed by atoms with van der Waals surface area (Å²) in [6, 6.07) is 6.28. The summed E-state index contributed by atoms with van der Waals surface area (Å²) in [5.41, 5.74) is 0.793. The fraction of sp³-hybridized carbons (Fsp3) is 0.333. The van der Waals surface area contributed by atoms with Gasteiger partial charge in [-0.15, -0.1) is 0 Å². The molecule has 0 aliphatic carbocycles. The molecule has 0 atom stereocenters. The second-order valence-electron chi connectivity index (χ2n) is 3.99. The number of rotatable bonds is 6. The molecule has 1 aromatic rings. The van der Waals surface area contributed by atoms with Gasteiger partial charge in [0.05, 0.1) is 16.5 Å². The van der Waals surface area contributed by atoms with Crippen molar-refractivity contribution in [1.82, 2.24) is 4.72 Å². The Morgan fingerprint density at radius 2 is 2.16 bits per heavy atom. The van der Waals surface area contributed by atoms with Crippen LogP contribution < -0.4 is 4.72 Å². The number of benzene rings is 1. The Bertz CT molecular complexity index is 617. The molecule has 0 bridgehead atoms. The van der Waals surface area contributed by atoms with Crippen molar-refractivity contribution in [2.45, 2.75) is 24.7 Å². The molecule has 2 N–H and O–H groups in total. The molecule has 0 amide bonds. The van der Waals surface area contributed by atoms with Crippen molar-refractivity contribution in [3.8, 4) is 6.07 Å². The lowest BCUT2D eigenvalue weighted by atomic mass is 10.2. The second kappa shape index (κ2) is 6.31. The van der Waals surface area contributed by atoms with Crippen LogP contribution in [-0.4, -0.2) is 26.0 Å². The van der Waals surface area contributed by atoms with Gasteiger partial charge in [0.2, 0.25) is 10.0 Å². The highest BCUT2D eigenvalue weighted by atomic mass is 32.2. The standard InChI is InChI=1S/C12H14N2O4S/c1-9-4-5-10(8-13)7-11(9)19(17,18)14-6-2-3-12(15)16/h4-5,7,14H,2-3,6H2,1H3,(H,15,16). The SMILES string of the molecule is Cc1ccc(C#N)cc1S(=O)(=O)NCCCC(=O)O. The Labute approximate surface area is 111 Å². The third-order valence-corrected chi connectivity index (χ3v) is 4.07. The van der Waals surface area contributed by atoms with Gasteiger partial charge < -0.3 is 5.11 Å². The van der Waals surface area contributed by atoms with Crippen LogP contribution in [0.4, 0.5) is 0 Å². The van der Waals surface area contributed by atoms with E-state index >= 15 is 0 Å². The minimum Gasteiger partial charge on any atom is -0.481 e.